The zero-order valence-electron chi connectivity index (χ0n) is 10.9. The van der Waals surface area contributed by atoms with Gasteiger partial charge < -0.3 is 15.0 Å². The zero-order valence-corrected chi connectivity index (χ0v) is 10.9. The minimum absolute atomic E-state index is 0.229. The topological polar surface area (TPSA) is 50.1 Å². The average molecular weight is 251 g/mol. The highest BCUT2D eigenvalue weighted by Gasteiger charge is 2.08. The van der Waals surface area contributed by atoms with E-state index < -0.39 is 0 Å². The lowest BCUT2D eigenvalue weighted by Crippen LogP contribution is -2.04. The minimum atomic E-state index is 0.229. The molecule has 19 heavy (non-hydrogen) atoms. The molecule has 0 amide bonds. The highest BCUT2D eigenvalue weighted by molar-refractivity contribution is 6.32. The number of rotatable bonds is 2. The SMILES string of the molecule is Bc1cccc(Nc2nc3cc(O)ccc3n2C)c1. The van der Waals surface area contributed by atoms with Gasteiger partial charge in [0.05, 0.1) is 11.0 Å². The lowest BCUT2D eigenvalue weighted by atomic mass is 9.96. The maximum Gasteiger partial charge on any atom is 0.208 e. The second kappa shape index (κ2) is 4.35. The monoisotopic (exact) mass is 251 g/mol. The number of phenols is 1. The van der Waals surface area contributed by atoms with Gasteiger partial charge in [-0.3, -0.25) is 0 Å². The van der Waals surface area contributed by atoms with Crippen molar-refractivity contribution in [2.24, 2.45) is 7.05 Å². The molecule has 1 heterocycles. The largest absolute Gasteiger partial charge is 0.508 e. The Kier molecular flexibility index (Phi) is 2.67. The Morgan fingerprint density at radius 3 is 2.84 bits per heavy atom. The molecule has 0 aliphatic rings. The highest BCUT2D eigenvalue weighted by atomic mass is 16.3. The molecule has 0 spiro atoms. The summed E-state index contributed by atoms with van der Waals surface area (Å²) in [6.45, 7) is 0. The zero-order chi connectivity index (χ0) is 13.4. The van der Waals surface area contributed by atoms with Crippen molar-refractivity contribution in [3.63, 3.8) is 0 Å². The minimum Gasteiger partial charge on any atom is -0.508 e. The van der Waals surface area contributed by atoms with Gasteiger partial charge in [0.15, 0.2) is 0 Å². The van der Waals surface area contributed by atoms with Crippen LogP contribution in [0.1, 0.15) is 0 Å². The summed E-state index contributed by atoms with van der Waals surface area (Å²) in [5.41, 5.74) is 3.95. The molecule has 3 aromatic rings. The molecule has 3 rings (SSSR count). The second-order valence-electron chi connectivity index (χ2n) is 4.66. The van der Waals surface area contributed by atoms with Crippen molar-refractivity contribution in [2.45, 2.75) is 0 Å². The number of benzene rings is 2. The number of hydrogen-bond donors (Lipinski definition) is 2. The van der Waals surface area contributed by atoms with Crippen molar-refractivity contribution in [3.8, 4) is 5.75 Å². The van der Waals surface area contributed by atoms with Gasteiger partial charge in [-0.05, 0) is 24.3 Å². The number of imidazole rings is 1. The third kappa shape index (κ3) is 2.15. The van der Waals surface area contributed by atoms with E-state index in [0.717, 1.165) is 22.7 Å². The number of fused-ring (bicyclic) bond motifs is 1. The summed E-state index contributed by atoms with van der Waals surface area (Å²) in [7, 11) is 4.00. The van der Waals surface area contributed by atoms with Gasteiger partial charge in [-0.15, -0.1) is 0 Å². The van der Waals surface area contributed by atoms with Crippen LogP contribution in [-0.4, -0.2) is 22.5 Å². The molecule has 0 aliphatic heterocycles. The molecule has 5 heteroatoms. The Morgan fingerprint density at radius 1 is 1.21 bits per heavy atom. The van der Waals surface area contributed by atoms with E-state index in [-0.39, 0.29) is 5.75 Å². The molecule has 0 atom stereocenters. The molecule has 0 aliphatic carbocycles. The molecule has 2 aromatic carbocycles. The fourth-order valence-corrected chi connectivity index (χ4v) is 2.15. The van der Waals surface area contributed by atoms with Crippen LogP contribution >= 0.6 is 0 Å². The van der Waals surface area contributed by atoms with Crippen LogP contribution in [0.15, 0.2) is 42.5 Å². The standard InChI is InChI=1S/C14H14BN3O/c1-18-13-6-5-11(19)8-12(13)17-14(18)16-10-4-2-3-9(15)7-10/h2-8,19H,15H2,1H3,(H,16,17). The average Bonchev–Trinajstić information content (AvgIpc) is 2.66. The molecular formula is C14H14BN3O. The molecule has 2 N–H and O–H groups in total. The van der Waals surface area contributed by atoms with Crippen LogP contribution in [0.2, 0.25) is 0 Å². The van der Waals surface area contributed by atoms with Gasteiger partial charge in [0.25, 0.3) is 0 Å². The molecule has 0 saturated carbocycles. The molecule has 0 radical (unpaired) electrons. The highest BCUT2D eigenvalue weighted by Crippen LogP contribution is 2.24. The Morgan fingerprint density at radius 2 is 2.05 bits per heavy atom. The third-order valence-electron chi connectivity index (χ3n) is 3.14. The molecule has 4 nitrogen and oxygen atoms in total. The molecule has 0 saturated heterocycles. The van der Waals surface area contributed by atoms with Gasteiger partial charge in [-0.2, -0.15) is 0 Å². The Bertz CT molecular complexity index is 752. The van der Waals surface area contributed by atoms with Crippen molar-refractivity contribution in [1.82, 2.24) is 9.55 Å². The van der Waals surface area contributed by atoms with Crippen molar-refractivity contribution < 1.29 is 5.11 Å². The predicted octanol–water partition coefficient (Wildman–Crippen LogP) is 1.28. The van der Waals surface area contributed by atoms with Crippen LogP contribution in [0, 0.1) is 0 Å². The number of nitrogens with one attached hydrogen (secondary N) is 1. The van der Waals surface area contributed by atoms with Crippen LogP contribution in [0.25, 0.3) is 11.0 Å². The van der Waals surface area contributed by atoms with Crippen molar-refractivity contribution in [3.05, 3.63) is 42.5 Å². The maximum absolute atomic E-state index is 9.49. The van der Waals surface area contributed by atoms with Gasteiger partial charge in [0.2, 0.25) is 5.95 Å². The normalized spacial score (nSPS) is 10.8. The molecule has 1 aromatic heterocycles. The summed E-state index contributed by atoms with van der Waals surface area (Å²) in [6.07, 6.45) is 0. The second-order valence-corrected chi connectivity index (χ2v) is 4.66. The summed E-state index contributed by atoms with van der Waals surface area (Å²) in [6, 6.07) is 13.3. The Balaban J connectivity index is 2.03. The van der Waals surface area contributed by atoms with Gasteiger partial charge in [0, 0.05) is 18.8 Å². The van der Waals surface area contributed by atoms with Gasteiger partial charge >= 0.3 is 0 Å². The van der Waals surface area contributed by atoms with Crippen LogP contribution in [0.4, 0.5) is 11.6 Å². The van der Waals surface area contributed by atoms with E-state index in [1.807, 2.05) is 29.8 Å². The van der Waals surface area contributed by atoms with E-state index in [2.05, 4.69) is 30.3 Å². The van der Waals surface area contributed by atoms with Crippen molar-refractivity contribution in [2.75, 3.05) is 5.32 Å². The lowest BCUT2D eigenvalue weighted by molar-refractivity contribution is 0.476. The number of nitrogens with zero attached hydrogens (tertiary/aromatic N) is 2. The first-order valence-electron chi connectivity index (χ1n) is 6.12. The van der Waals surface area contributed by atoms with Gasteiger partial charge in [-0.25, -0.2) is 4.98 Å². The number of aromatic hydroxyl groups is 1. The van der Waals surface area contributed by atoms with Crippen LogP contribution < -0.4 is 10.8 Å². The van der Waals surface area contributed by atoms with E-state index in [4.69, 9.17) is 0 Å². The number of phenolic OH excluding ortho intramolecular Hbond substituents is 1. The van der Waals surface area contributed by atoms with E-state index in [1.54, 1.807) is 12.1 Å². The fraction of sp³-hybridized carbons (Fsp3) is 0.0714. The first kappa shape index (κ1) is 11.7. The first-order chi connectivity index (χ1) is 9.13. The maximum atomic E-state index is 9.49. The number of aromatic nitrogens is 2. The Hall–Kier alpha value is -2.43. The van der Waals surface area contributed by atoms with E-state index in [0.29, 0.717) is 0 Å². The quantitative estimate of drug-likeness (QED) is 0.674. The summed E-state index contributed by atoms with van der Waals surface area (Å²) in [5.74, 6) is 0.985. The van der Waals surface area contributed by atoms with Crippen LogP contribution in [0.5, 0.6) is 5.75 Å². The Labute approximate surface area is 112 Å². The number of anilines is 2. The number of aryl methyl sites for hydroxylation is 1. The smallest absolute Gasteiger partial charge is 0.208 e. The summed E-state index contributed by atoms with van der Waals surface area (Å²) < 4.78 is 1.97. The molecule has 0 bridgehead atoms. The molecule has 94 valence electrons. The molecular weight excluding hydrogens is 237 g/mol. The van der Waals surface area contributed by atoms with Crippen molar-refractivity contribution >= 4 is 36.0 Å². The van der Waals surface area contributed by atoms with E-state index >= 15 is 0 Å². The number of hydrogen-bond acceptors (Lipinski definition) is 3. The predicted molar refractivity (Wildman–Crippen MR) is 80.3 cm³/mol. The summed E-state index contributed by atoms with van der Waals surface area (Å²) >= 11 is 0. The lowest BCUT2D eigenvalue weighted by Gasteiger charge is -2.06. The molecule has 0 fully saturated rings. The summed E-state index contributed by atoms with van der Waals surface area (Å²) in [5, 5.41) is 12.8. The van der Waals surface area contributed by atoms with Gasteiger partial charge in [-0.1, -0.05) is 17.6 Å². The third-order valence-corrected chi connectivity index (χ3v) is 3.14. The molecule has 0 unspecified atom stereocenters. The summed E-state index contributed by atoms with van der Waals surface area (Å²) in [4.78, 5) is 4.49. The van der Waals surface area contributed by atoms with Gasteiger partial charge in [0.1, 0.15) is 13.6 Å². The first-order valence-corrected chi connectivity index (χ1v) is 6.12. The van der Waals surface area contributed by atoms with E-state index in [1.165, 1.54) is 5.46 Å². The van der Waals surface area contributed by atoms with Crippen LogP contribution in [0.3, 0.4) is 0 Å². The van der Waals surface area contributed by atoms with E-state index in [9.17, 15) is 5.11 Å². The fourth-order valence-electron chi connectivity index (χ4n) is 2.15. The van der Waals surface area contributed by atoms with Crippen LogP contribution in [-0.2, 0) is 7.05 Å². The van der Waals surface area contributed by atoms with Crippen molar-refractivity contribution in [1.29, 1.82) is 0 Å².